The Morgan fingerprint density at radius 1 is 1.11 bits per heavy atom. The molecule has 1 heterocycles. The van der Waals surface area contributed by atoms with Crippen molar-refractivity contribution in [2.24, 2.45) is 35.5 Å². The molecular weight excluding hydrogens is 370 g/mol. The van der Waals surface area contributed by atoms with Crippen LogP contribution < -0.4 is 10.7 Å². The van der Waals surface area contributed by atoms with Gasteiger partial charge in [-0.3, -0.25) is 15.0 Å². The summed E-state index contributed by atoms with van der Waals surface area (Å²) in [6.45, 7) is 8.53. The van der Waals surface area contributed by atoms with Crippen LogP contribution in [0.3, 0.4) is 0 Å². The van der Waals surface area contributed by atoms with E-state index in [1.807, 2.05) is 31.2 Å². The van der Waals surface area contributed by atoms with Gasteiger partial charge in [0, 0.05) is 5.69 Å². The summed E-state index contributed by atoms with van der Waals surface area (Å²) < 4.78 is 0. The number of fused-ring (bicyclic) bond motifs is 1. The van der Waals surface area contributed by atoms with E-state index in [1.54, 1.807) is 0 Å². The van der Waals surface area contributed by atoms with Crippen LogP contribution in [0.25, 0.3) is 0 Å². The van der Waals surface area contributed by atoms with E-state index < -0.39 is 0 Å². The van der Waals surface area contributed by atoms with Crippen LogP contribution in [0.1, 0.15) is 32.8 Å². The molecule has 148 valence electrons. The Morgan fingerprint density at radius 2 is 1.75 bits per heavy atom. The zero-order valence-corrected chi connectivity index (χ0v) is 17.5. The van der Waals surface area contributed by atoms with Crippen molar-refractivity contribution in [2.75, 3.05) is 5.32 Å². The van der Waals surface area contributed by atoms with Crippen molar-refractivity contribution in [3.63, 3.8) is 0 Å². The highest BCUT2D eigenvalue weighted by Gasteiger charge is 2.61. The highest BCUT2D eigenvalue weighted by atomic mass is 32.1. The molecular formula is C22H27N3O2S. The minimum atomic E-state index is -0.267. The average Bonchev–Trinajstić information content (AvgIpc) is 2.90. The smallest absolute Gasteiger partial charge is 0.252 e. The molecule has 3 aliphatic carbocycles. The van der Waals surface area contributed by atoms with E-state index in [-0.39, 0.29) is 40.6 Å². The number of rotatable bonds is 3. The monoisotopic (exact) mass is 397 g/mol. The zero-order valence-electron chi connectivity index (χ0n) is 16.7. The molecule has 2 amide bonds. The molecule has 2 N–H and O–H groups in total. The van der Waals surface area contributed by atoms with Crippen molar-refractivity contribution in [1.82, 2.24) is 10.4 Å². The van der Waals surface area contributed by atoms with Crippen LogP contribution in [0.15, 0.2) is 35.9 Å². The minimum Gasteiger partial charge on any atom is -0.331 e. The lowest BCUT2D eigenvalue weighted by Crippen LogP contribution is -2.48. The lowest BCUT2D eigenvalue weighted by molar-refractivity contribution is -0.142. The molecule has 28 heavy (non-hydrogen) atoms. The van der Waals surface area contributed by atoms with Gasteiger partial charge < -0.3 is 5.32 Å². The van der Waals surface area contributed by atoms with E-state index in [0.717, 1.165) is 22.7 Å². The summed E-state index contributed by atoms with van der Waals surface area (Å²) in [5.41, 5.74) is 6.08. The van der Waals surface area contributed by atoms with E-state index in [1.165, 1.54) is 5.57 Å². The van der Waals surface area contributed by atoms with Crippen LogP contribution in [0, 0.1) is 42.4 Å². The van der Waals surface area contributed by atoms with Gasteiger partial charge in [-0.15, -0.1) is 0 Å². The number of hydrogen-bond donors (Lipinski definition) is 2. The number of thiocarbonyl (C=S) groups is 1. The number of benzene rings is 1. The Morgan fingerprint density at radius 3 is 2.39 bits per heavy atom. The first-order valence-corrected chi connectivity index (χ1v) is 10.4. The highest BCUT2D eigenvalue weighted by molar-refractivity contribution is 7.80. The molecule has 1 saturated carbocycles. The number of anilines is 1. The first-order valence-electron chi connectivity index (χ1n) is 9.98. The molecule has 5 nitrogen and oxygen atoms in total. The summed E-state index contributed by atoms with van der Waals surface area (Å²) in [5, 5.41) is 4.47. The predicted octanol–water partition coefficient (Wildman–Crippen LogP) is 3.67. The lowest BCUT2D eigenvalue weighted by Gasteiger charge is -2.48. The third-order valence-corrected chi connectivity index (χ3v) is 6.88. The fourth-order valence-corrected chi connectivity index (χ4v) is 5.46. The van der Waals surface area contributed by atoms with Crippen molar-refractivity contribution >= 4 is 34.8 Å². The molecule has 0 aromatic heterocycles. The quantitative estimate of drug-likeness (QED) is 0.463. The molecule has 0 radical (unpaired) electrons. The largest absolute Gasteiger partial charge is 0.331 e. The van der Waals surface area contributed by atoms with Crippen LogP contribution in [-0.2, 0) is 9.59 Å². The van der Waals surface area contributed by atoms with Crippen molar-refractivity contribution in [2.45, 2.75) is 34.1 Å². The predicted molar refractivity (Wildman–Crippen MR) is 113 cm³/mol. The molecule has 2 bridgehead atoms. The normalized spacial score (nSPS) is 31.1. The number of hydrazine groups is 1. The maximum absolute atomic E-state index is 13.2. The number of imide groups is 1. The summed E-state index contributed by atoms with van der Waals surface area (Å²) in [4.78, 5) is 26.3. The van der Waals surface area contributed by atoms with Gasteiger partial charge in [-0.1, -0.05) is 43.2 Å². The van der Waals surface area contributed by atoms with Crippen LogP contribution in [0.5, 0.6) is 0 Å². The van der Waals surface area contributed by atoms with Crippen LogP contribution in [0.4, 0.5) is 5.69 Å². The molecule has 2 fully saturated rings. The Kier molecular flexibility index (Phi) is 4.78. The van der Waals surface area contributed by atoms with E-state index in [9.17, 15) is 9.59 Å². The fourth-order valence-electron chi connectivity index (χ4n) is 5.25. The molecule has 4 aliphatic rings. The third-order valence-electron chi connectivity index (χ3n) is 6.69. The van der Waals surface area contributed by atoms with E-state index in [4.69, 9.17) is 12.2 Å². The third kappa shape index (κ3) is 3.04. The van der Waals surface area contributed by atoms with Crippen molar-refractivity contribution in [3.05, 3.63) is 41.5 Å². The number of aryl methyl sites for hydroxylation is 1. The van der Waals surface area contributed by atoms with E-state index in [2.05, 4.69) is 37.6 Å². The van der Waals surface area contributed by atoms with E-state index in [0.29, 0.717) is 11.8 Å². The number of hydrogen-bond acceptors (Lipinski definition) is 3. The number of allylic oxidation sites excluding steroid dienone is 2. The Hall–Kier alpha value is -2.21. The summed E-state index contributed by atoms with van der Waals surface area (Å²) in [6, 6.07) is 7.78. The molecule has 0 spiro atoms. The van der Waals surface area contributed by atoms with Crippen LogP contribution in [0.2, 0.25) is 0 Å². The Labute approximate surface area is 171 Å². The average molecular weight is 398 g/mol. The summed E-state index contributed by atoms with van der Waals surface area (Å²) in [5.74, 6) is 0.418. The topological polar surface area (TPSA) is 61.4 Å². The highest BCUT2D eigenvalue weighted by Crippen LogP contribution is 2.56. The molecule has 1 saturated heterocycles. The van der Waals surface area contributed by atoms with Crippen molar-refractivity contribution in [3.8, 4) is 0 Å². The maximum atomic E-state index is 13.2. The number of carbonyl (C=O) groups excluding carboxylic acids is 2. The second-order valence-electron chi connectivity index (χ2n) is 8.73. The van der Waals surface area contributed by atoms with Crippen molar-refractivity contribution < 1.29 is 9.59 Å². The van der Waals surface area contributed by atoms with Gasteiger partial charge in [0.25, 0.3) is 11.8 Å². The molecule has 6 heteroatoms. The number of carbonyl (C=O) groups is 2. The standard InChI is InChI=1S/C22H27N3O2S/c1-11(2)15-10-16-13(4)9-17(15)19-18(16)20(26)25(21(19)27)24-22(28)23-14-7-5-12(3)6-8-14/h5-9,11,15-19H,10H2,1-4H3,(H2,23,24,28)/t15-,16+,17+,18?,19?/m1/s1. The first kappa shape index (κ1) is 19.1. The van der Waals surface area contributed by atoms with Gasteiger partial charge in [0.1, 0.15) is 0 Å². The van der Waals surface area contributed by atoms with Gasteiger partial charge in [-0.05, 0) is 68.3 Å². The van der Waals surface area contributed by atoms with Gasteiger partial charge in [0.2, 0.25) is 0 Å². The second-order valence-corrected chi connectivity index (χ2v) is 9.14. The molecule has 1 aliphatic heterocycles. The number of nitrogens with one attached hydrogen (secondary N) is 2. The fraction of sp³-hybridized carbons (Fsp3) is 0.500. The summed E-state index contributed by atoms with van der Waals surface area (Å²) in [7, 11) is 0. The molecule has 5 rings (SSSR count). The lowest BCUT2D eigenvalue weighted by atomic mass is 9.54. The van der Waals surface area contributed by atoms with Gasteiger partial charge in [0.05, 0.1) is 11.8 Å². The van der Waals surface area contributed by atoms with Gasteiger partial charge in [-0.2, -0.15) is 5.01 Å². The summed E-state index contributed by atoms with van der Waals surface area (Å²) >= 11 is 5.36. The van der Waals surface area contributed by atoms with E-state index >= 15 is 0 Å². The molecule has 1 aromatic rings. The van der Waals surface area contributed by atoms with Crippen LogP contribution in [-0.4, -0.2) is 21.9 Å². The Bertz CT molecular complexity index is 861. The summed E-state index contributed by atoms with van der Waals surface area (Å²) in [6.07, 6.45) is 3.24. The maximum Gasteiger partial charge on any atom is 0.252 e. The molecule has 1 aromatic carbocycles. The Balaban J connectivity index is 1.52. The minimum absolute atomic E-state index is 0.136. The van der Waals surface area contributed by atoms with Gasteiger partial charge in [0.15, 0.2) is 5.11 Å². The van der Waals surface area contributed by atoms with Crippen molar-refractivity contribution in [1.29, 1.82) is 0 Å². The molecule has 5 atom stereocenters. The number of amides is 2. The zero-order chi connectivity index (χ0) is 20.2. The number of nitrogens with zero attached hydrogens (tertiary/aromatic N) is 1. The van der Waals surface area contributed by atoms with Gasteiger partial charge >= 0.3 is 0 Å². The van der Waals surface area contributed by atoms with Crippen LogP contribution >= 0.6 is 12.2 Å². The molecule has 2 unspecified atom stereocenters. The first-order chi connectivity index (χ1) is 13.3. The SMILES string of the molecule is CC1=C[C@@H]2C3C(=O)N(NC(=S)Nc4ccc(C)cc4)C(=O)C3[C@H]1C[C@@H]2C(C)C. The van der Waals surface area contributed by atoms with Gasteiger partial charge in [-0.25, -0.2) is 0 Å². The second kappa shape index (κ2) is 6.99.